The van der Waals surface area contributed by atoms with Gasteiger partial charge in [0.25, 0.3) is 0 Å². The summed E-state index contributed by atoms with van der Waals surface area (Å²) in [6.45, 7) is 12.6. The number of carbonyl (C=O) groups is 9. The number of hydrogen-bond donors (Lipinski definition) is 3. The molecule has 9 aromatic rings. The van der Waals surface area contributed by atoms with Crippen molar-refractivity contribution in [3.8, 4) is 0 Å². The van der Waals surface area contributed by atoms with Crippen molar-refractivity contribution in [1.82, 2.24) is 15.0 Å². The number of carbonyl (C=O) groups excluding carboxylic acids is 9. The molecule has 6 heterocycles. The molecular weight excluding hydrogens is 1680 g/mol. The van der Waals surface area contributed by atoms with Crippen molar-refractivity contribution in [2.45, 2.75) is 216 Å². The largest absolute Gasteiger partial charge is 0.457 e. The van der Waals surface area contributed by atoms with Gasteiger partial charge in [-0.2, -0.15) is 4.98 Å². The number of aliphatic hydroxyl groups excluding tert-OH is 3. The van der Waals surface area contributed by atoms with E-state index < -0.39 is 74.7 Å². The van der Waals surface area contributed by atoms with Crippen LogP contribution in [0.1, 0.15) is 212 Å². The Kier molecular flexibility index (Phi) is 22.9. The summed E-state index contributed by atoms with van der Waals surface area (Å²) in [7, 11) is 0. The molecule has 0 bridgehead atoms. The second-order valence-electron chi connectivity index (χ2n) is 39.4. The number of benzene rings is 3. The highest BCUT2D eigenvalue weighted by molar-refractivity contribution is 8.13. The molecule has 3 N–H and O–H groups in total. The van der Waals surface area contributed by atoms with E-state index in [1.54, 1.807) is 67.0 Å². The number of ether oxygens (including phenoxy) is 3. The van der Waals surface area contributed by atoms with Crippen molar-refractivity contribution >= 4 is 119 Å². The lowest BCUT2D eigenvalue weighted by atomic mass is 9.45. The molecule has 21 atom stereocenters. The summed E-state index contributed by atoms with van der Waals surface area (Å²) in [5, 5.41) is 39.4. The lowest BCUT2D eigenvalue weighted by molar-refractivity contribution is -0.176. The topological polar surface area (TPSA) is 333 Å². The van der Waals surface area contributed by atoms with E-state index in [4.69, 9.17) is 31.9 Å². The first kappa shape index (κ1) is 87.4. The van der Waals surface area contributed by atoms with Gasteiger partial charge in [-0.15, -0.1) is 0 Å². The molecule has 666 valence electrons. The Balaban J connectivity index is 0.000000125. The average molecular weight is 1790 g/mol. The molecule has 0 aliphatic heterocycles. The number of pyridine rings is 2. The van der Waals surface area contributed by atoms with Crippen molar-refractivity contribution in [2.24, 2.45) is 85.8 Å². The SMILES string of the molecule is CC12C=CC(=O)C=C1CCC1C2[C@@H](O)CC2(C)C1CC[C@]2(OC(=O)c1ccco1)C(=O)SCc1ccc2ccccc2c1.CC12CCC(=O)C=C1CCC1C2[C@@H](O)CC2(C)C1CC[C@]2(OC(=O)c1ccco1)C(=O)SCc1nc2ncccc2o1.CC12CCC(=O)C=C1CCC1C2[C@@H](O)CC2(C)C1CC[C@]2(OC(=O)c1ccco1)C(=O)SCc1nccc2ccccc12. The van der Waals surface area contributed by atoms with E-state index in [-0.39, 0.29) is 120 Å². The number of esters is 3. The molecule has 25 heteroatoms. The third-order valence-electron chi connectivity index (χ3n) is 33.4. The number of furan rings is 3. The molecule has 0 amide bonds. The molecule has 12 aliphatic rings. The minimum Gasteiger partial charge on any atom is -0.457 e. The highest BCUT2D eigenvalue weighted by atomic mass is 32.2. The van der Waals surface area contributed by atoms with Gasteiger partial charge in [0.05, 0.1) is 48.5 Å². The highest BCUT2D eigenvalue weighted by Crippen LogP contribution is 2.73. The Hall–Kier alpha value is -9.89. The quantitative estimate of drug-likeness (QED) is 0.0634. The maximum absolute atomic E-state index is 14.5. The zero-order valence-corrected chi connectivity index (χ0v) is 75.2. The molecule has 0 spiro atoms. The van der Waals surface area contributed by atoms with Crippen LogP contribution in [0.15, 0.2) is 217 Å². The Labute approximate surface area is 754 Å². The molecule has 12 aliphatic carbocycles. The standard InChI is InChI=1S/C36H36O6S.C35H37NO6S.C32H34N2O7S/c1-34-15-13-26(37)19-25(34)11-12-27-28-14-16-36(35(28,2)20-29(38)31(27)34,42-32(39)30-8-5-17-41-30)33(40)43-21-22-9-10-23-6-3-4-7-24(23)18-22;1-33-14-11-23(37)18-22(33)9-10-25-26-12-15-35(34(26,2)19-28(38)30(25)33,42-31(39)29-8-5-17-41-29)32(40)43-20-27-24-7-4-3-6-21(24)13-16-36-27;1-30-11-9-19(35)15-18(30)7-8-20-21-10-12-32(31(21,2)16-22(36)26(20)30,41-28(37)24-6-4-14-39-24)29(38)42-17-25-34-27-23(40-25)5-3-13-33-27/h3-10,13,15,17-19,27-29,31,38H,11-12,14,16,20-21H2,1-2H3;3-8,13,16-18,25-26,28,30,38H,9-12,14-15,19-20H2,1-2H3;3-6,13-15,20-22,26,36H,7-12,16-17H2,1-2H3/t27?,28?,29-,31?,34?,35?,36-;25?,26?,28-,30?,33?,34?,35-;20?,21?,22-,26?,30?,31?,32-/m000/s1. The first-order chi connectivity index (χ1) is 61.4. The molecule has 128 heavy (non-hydrogen) atoms. The van der Waals surface area contributed by atoms with Gasteiger partial charge in [0.2, 0.25) is 38.5 Å². The summed E-state index contributed by atoms with van der Waals surface area (Å²) in [4.78, 5) is 134. The van der Waals surface area contributed by atoms with Crippen LogP contribution in [-0.2, 0) is 60.2 Å². The van der Waals surface area contributed by atoms with Crippen LogP contribution in [0.3, 0.4) is 0 Å². The van der Waals surface area contributed by atoms with Crippen LogP contribution in [0.4, 0.5) is 0 Å². The van der Waals surface area contributed by atoms with Gasteiger partial charge in [-0.3, -0.25) is 33.8 Å². The smallest absolute Gasteiger partial charge is 0.375 e. The van der Waals surface area contributed by atoms with Crippen LogP contribution >= 0.6 is 35.3 Å². The number of ketones is 3. The number of aliphatic hydroxyl groups is 3. The summed E-state index contributed by atoms with van der Waals surface area (Å²) >= 11 is 3.36. The molecule has 22 nitrogen and oxygen atoms in total. The predicted octanol–water partition coefficient (Wildman–Crippen LogP) is 19.4. The normalized spacial score (nSPS) is 35.1. The number of thioether (sulfide) groups is 3. The molecular formula is C103H107N3O19S3. The van der Waals surface area contributed by atoms with Gasteiger partial charge in [0.1, 0.15) is 0 Å². The third-order valence-corrected chi connectivity index (χ3v) is 36.5. The van der Waals surface area contributed by atoms with Crippen LogP contribution in [0.5, 0.6) is 0 Å². The number of allylic oxidation sites excluding steroid dienone is 6. The van der Waals surface area contributed by atoms with Gasteiger partial charge in [-0.25, -0.2) is 19.4 Å². The fraction of sp³-hybridized carbons (Fsp3) is 0.476. The van der Waals surface area contributed by atoms with E-state index in [1.807, 2.05) is 87.5 Å². The van der Waals surface area contributed by atoms with Gasteiger partial charge < -0.3 is 47.2 Å². The van der Waals surface area contributed by atoms with Crippen LogP contribution < -0.4 is 0 Å². The molecule has 6 aromatic heterocycles. The van der Waals surface area contributed by atoms with E-state index in [0.29, 0.717) is 86.4 Å². The van der Waals surface area contributed by atoms with Gasteiger partial charge in [-0.05, 0) is 268 Å². The van der Waals surface area contributed by atoms with Crippen LogP contribution in [0, 0.1) is 85.8 Å². The van der Waals surface area contributed by atoms with E-state index >= 15 is 0 Å². The average Bonchev–Trinajstić information content (AvgIpc) is 1.46. The fourth-order valence-corrected chi connectivity index (χ4v) is 30.6. The van der Waals surface area contributed by atoms with Crippen molar-refractivity contribution in [1.29, 1.82) is 0 Å². The number of aromatic nitrogens is 3. The van der Waals surface area contributed by atoms with Crippen molar-refractivity contribution < 1.29 is 90.3 Å². The van der Waals surface area contributed by atoms with Crippen LogP contribution in [-0.4, -0.2) is 116 Å². The second kappa shape index (κ2) is 33.5. The number of nitrogens with zero attached hydrogens (tertiary/aromatic N) is 3. The van der Waals surface area contributed by atoms with Gasteiger partial charge in [-0.1, -0.05) is 166 Å². The fourth-order valence-electron chi connectivity index (χ4n) is 27.4. The van der Waals surface area contributed by atoms with E-state index in [1.165, 1.54) is 36.6 Å². The predicted molar refractivity (Wildman–Crippen MR) is 481 cm³/mol. The Bertz CT molecular complexity index is 6010. The van der Waals surface area contributed by atoms with E-state index in [2.05, 4.69) is 60.0 Å². The number of fused-ring (bicyclic) bond motifs is 18. The summed E-state index contributed by atoms with van der Waals surface area (Å²) in [5.74, 6) is 0.333. The van der Waals surface area contributed by atoms with Gasteiger partial charge in [0, 0.05) is 69.7 Å². The highest BCUT2D eigenvalue weighted by Gasteiger charge is 2.75. The number of hydrogen-bond acceptors (Lipinski definition) is 25. The summed E-state index contributed by atoms with van der Waals surface area (Å²) in [6.07, 6.45) is 26.1. The molecule has 0 saturated heterocycles. The first-order valence-electron chi connectivity index (χ1n) is 45.2. The molecule has 9 saturated carbocycles. The zero-order valence-electron chi connectivity index (χ0n) is 72.7. The van der Waals surface area contributed by atoms with E-state index in [9.17, 15) is 58.5 Å². The minimum atomic E-state index is -1.47. The maximum atomic E-state index is 14.5. The molecule has 3 aromatic carbocycles. The molecule has 9 fully saturated rings. The number of rotatable bonds is 15. The Morgan fingerprint density at radius 3 is 1.43 bits per heavy atom. The zero-order chi connectivity index (χ0) is 89.2. The first-order valence-corrected chi connectivity index (χ1v) is 48.2. The van der Waals surface area contributed by atoms with Crippen molar-refractivity contribution in [3.05, 3.63) is 234 Å². The summed E-state index contributed by atoms with van der Waals surface area (Å²) < 4.78 is 40.8. The van der Waals surface area contributed by atoms with E-state index in [0.717, 1.165) is 137 Å². The lowest BCUT2D eigenvalue weighted by Crippen LogP contribution is -2.62. The van der Waals surface area contributed by atoms with Crippen LogP contribution in [0.2, 0.25) is 0 Å². The molecule has 21 rings (SSSR count). The maximum Gasteiger partial charge on any atom is 0.375 e. The van der Waals surface area contributed by atoms with Gasteiger partial charge in [0.15, 0.2) is 45.4 Å². The van der Waals surface area contributed by atoms with Gasteiger partial charge >= 0.3 is 17.9 Å². The molecule has 0 radical (unpaired) electrons. The molecule has 15 unspecified atom stereocenters. The Morgan fingerprint density at radius 2 is 0.922 bits per heavy atom. The summed E-state index contributed by atoms with van der Waals surface area (Å²) in [5.41, 5.74) is -1.34. The van der Waals surface area contributed by atoms with Crippen LogP contribution in [0.25, 0.3) is 32.8 Å². The monoisotopic (exact) mass is 1790 g/mol. The minimum absolute atomic E-state index is 0.000167. The third kappa shape index (κ3) is 14.5. The Morgan fingerprint density at radius 1 is 0.453 bits per heavy atom. The van der Waals surface area contributed by atoms with Crippen molar-refractivity contribution in [2.75, 3.05) is 0 Å². The van der Waals surface area contributed by atoms with Crippen molar-refractivity contribution in [3.63, 3.8) is 0 Å². The second-order valence-corrected chi connectivity index (χ2v) is 42.2. The number of oxazole rings is 1. The summed E-state index contributed by atoms with van der Waals surface area (Å²) in [6, 6.07) is 37.3. The lowest BCUT2D eigenvalue weighted by Gasteiger charge is -2.60.